The van der Waals surface area contributed by atoms with Gasteiger partial charge in [0, 0.05) is 33.9 Å². The van der Waals surface area contributed by atoms with Gasteiger partial charge in [-0.1, -0.05) is 60.3 Å². The van der Waals surface area contributed by atoms with Gasteiger partial charge in [-0.2, -0.15) is 0 Å². The van der Waals surface area contributed by atoms with Crippen molar-refractivity contribution in [2.45, 2.75) is 12.1 Å². The molecule has 1 N–H and O–H groups in total. The number of ketones is 1. The summed E-state index contributed by atoms with van der Waals surface area (Å²) in [7, 11) is 0. The average Bonchev–Trinajstić information content (AvgIpc) is 3.48. The van der Waals surface area contributed by atoms with Gasteiger partial charge in [-0.05, 0) is 37.3 Å². The third-order valence-corrected chi connectivity index (χ3v) is 6.23. The summed E-state index contributed by atoms with van der Waals surface area (Å²) in [5.41, 5.74) is 3.57. The van der Waals surface area contributed by atoms with Gasteiger partial charge >= 0.3 is 0 Å². The molecule has 3 aromatic carbocycles. The molecule has 0 unspecified atom stereocenters. The Hall–Kier alpha value is -3.84. The largest absolute Gasteiger partial charge is 0.494 e. The van der Waals surface area contributed by atoms with Crippen molar-refractivity contribution < 1.29 is 9.53 Å². The highest BCUT2D eigenvalue weighted by Crippen LogP contribution is 2.33. The Morgan fingerprint density at radius 2 is 1.73 bits per heavy atom. The molecule has 5 aromatic rings. The maximum Gasteiger partial charge on any atom is 0.196 e. The number of benzene rings is 3. The number of carbonyl (C=O) groups excluding carboxylic acids is 1. The predicted octanol–water partition coefficient (Wildman–Crippen LogP) is 5.79. The molecule has 6 nitrogen and oxygen atoms in total. The second-order valence-corrected chi connectivity index (χ2v) is 8.34. The summed E-state index contributed by atoms with van der Waals surface area (Å²) in [4.78, 5) is 16.0. The highest BCUT2D eigenvalue weighted by atomic mass is 32.2. The van der Waals surface area contributed by atoms with E-state index in [1.165, 1.54) is 11.8 Å². The van der Waals surface area contributed by atoms with Gasteiger partial charge in [-0.15, -0.1) is 10.2 Å². The van der Waals surface area contributed by atoms with Gasteiger partial charge in [-0.3, -0.25) is 9.36 Å². The molecule has 0 atom stereocenters. The van der Waals surface area contributed by atoms with Gasteiger partial charge in [0.1, 0.15) is 5.75 Å². The number of thioether (sulfide) groups is 1. The Bertz CT molecular complexity index is 1390. The molecule has 0 aliphatic rings. The van der Waals surface area contributed by atoms with E-state index in [-0.39, 0.29) is 11.5 Å². The quantitative estimate of drug-likeness (QED) is 0.237. The van der Waals surface area contributed by atoms with E-state index in [2.05, 4.69) is 21.2 Å². The molecule has 2 heterocycles. The summed E-state index contributed by atoms with van der Waals surface area (Å²) in [6, 6.07) is 25.2. The topological polar surface area (TPSA) is 72.8 Å². The van der Waals surface area contributed by atoms with Crippen molar-refractivity contribution in [3.63, 3.8) is 0 Å². The van der Waals surface area contributed by atoms with Crippen LogP contribution in [0.1, 0.15) is 17.3 Å². The number of fused-ring (bicyclic) bond motifs is 1. The van der Waals surface area contributed by atoms with E-state index >= 15 is 0 Å². The molecule has 7 heteroatoms. The Balaban J connectivity index is 1.54. The summed E-state index contributed by atoms with van der Waals surface area (Å²) >= 11 is 1.38. The molecule has 0 spiro atoms. The number of ether oxygens (including phenoxy) is 1. The predicted molar refractivity (Wildman–Crippen MR) is 131 cm³/mol. The third-order valence-electron chi connectivity index (χ3n) is 5.30. The van der Waals surface area contributed by atoms with Gasteiger partial charge < -0.3 is 9.72 Å². The Labute approximate surface area is 195 Å². The van der Waals surface area contributed by atoms with Crippen molar-refractivity contribution >= 4 is 28.4 Å². The van der Waals surface area contributed by atoms with Crippen LogP contribution in [-0.2, 0) is 0 Å². The SMILES string of the molecule is CCOc1ccc(-n2c(SCC(=O)c3ccccc3)nnc2-c2c[nH]c3ccccc23)cc1. The fourth-order valence-electron chi connectivity index (χ4n) is 3.72. The molecule has 0 bridgehead atoms. The van der Waals surface area contributed by atoms with E-state index in [9.17, 15) is 4.79 Å². The van der Waals surface area contributed by atoms with E-state index in [0.717, 1.165) is 27.9 Å². The first kappa shape index (κ1) is 21.0. The van der Waals surface area contributed by atoms with Crippen LogP contribution in [0.4, 0.5) is 0 Å². The summed E-state index contributed by atoms with van der Waals surface area (Å²) in [6.45, 7) is 2.57. The van der Waals surface area contributed by atoms with Crippen molar-refractivity contribution in [2.24, 2.45) is 0 Å². The lowest BCUT2D eigenvalue weighted by Gasteiger charge is -2.11. The summed E-state index contributed by atoms with van der Waals surface area (Å²) < 4.78 is 7.60. The first-order chi connectivity index (χ1) is 16.2. The van der Waals surface area contributed by atoms with Gasteiger partial charge in [0.05, 0.1) is 12.4 Å². The molecule has 5 rings (SSSR count). The molecule has 0 fully saturated rings. The summed E-state index contributed by atoms with van der Waals surface area (Å²) in [5, 5.41) is 10.7. The fraction of sp³-hybridized carbons (Fsp3) is 0.115. The molecule has 0 saturated carbocycles. The molecule has 0 saturated heterocycles. The number of carbonyl (C=O) groups is 1. The minimum absolute atomic E-state index is 0.0514. The van der Waals surface area contributed by atoms with Crippen LogP contribution in [0.2, 0.25) is 0 Å². The van der Waals surface area contributed by atoms with Crippen LogP contribution in [0, 0.1) is 0 Å². The maximum absolute atomic E-state index is 12.7. The Morgan fingerprint density at radius 3 is 2.52 bits per heavy atom. The molecule has 0 amide bonds. The van der Waals surface area contributed by atoms with E-state index in [1.54, 1.807) is 0 Å². The zero-order chi connectivity index (χ0) is 22.6. The molecular formula is C26H22N4O2S. The first-order valence-electron chi connectivity index (χ1n) is 10.7. The van der Waals surface area contributed by atoms with Crippen molar-refractivity contribution in [1.29, 1.82) is 0 Å². The molecular weight excluding hydrogens is 432 g/mol. The number of rotatable bonds is 8. The Kier molecular flexibility index (Phi) is 5.95. The van der Waals surface area contributed by atoms with Crippen LogP contribution < -0.4 is 4.74 Å². The normalized spacial score (nSPS) is 11.1. The van der Waals surface area contributed by atoms with Gasteiger partial charge in [0.2, 0.25) is 0 Å². The van der Waals surface area contributed by atoms with Crippen molar-refractivity contribution in [3.8, 4) is 22.8 Å². The fourth-order valence-corrected chi connectivity index (χ4v) is 4.57. The van der Waals surface area contributed by atoms with Crippen molar-refractivity contribution in [1.82, 2.24) is 19.7 Å². The number of hydrogen-bond donors (Lipinski definition) is 1. The van der Waals surface area contributed by atoms with E-state index in [0.29, 0.717) is 23.2 Å². The number of nitrogens with one attached hydrogen (secondary N) is 1. The van der Waals surface area contributed by atoms with Gasteiger partial charge in [0.25, 0.3) is 0 Å². The number of nitrogens with zero attached hydrogens (tertiary/aromatic N) is 3. The van der Waals surface area contributed by atoms with E-state index in [4.69, 9.17) is 4.74 Å². The van der Waals surface area contributed by atoms with Gasteiger partial charge in [0.15, 0.2) is 16.8 Å². The molecule has 33 heavy (non-hydrogen) atoms. The lowest BCUT2D eigenvalue weighted by molar-refractivity contribution is 0.102. The van der Waals surface area contributed by atoms with Gasteiger partial charge in [-0.25, -0.2) is 0 Å². The molecule has 0 radical (unpaired) electrons. The second-order valence-electron chi connectivity index (χ2n) is 7.39. The first-order valence-corrected chi connectivity index (χ1v) is 11.7. The van der Waals surface area contributed by atoms with Crippen molar-refractivity contribution in [3.05, 3.63) is 90.6 Å². The zero-order valence-electron chi connectivity index (χ0n) is 18.1. The average molecular weight is 455 g/mol. The summed E-state index contributed by atoms with van der Waals surface area (Å²) in [6.07, 6.45) is 1.95. The number of para-hydroxylation sites is 1. The highest BCUT2D eigenvalue weighted by Gasteiger charge is 2.20. The smallest absolute Gasteiger partial charge is 0.196 e. The standard InChI is InChI=1S/C26H22N4O2S/c1-2-32-20-14-12-19(13-15-20)30-25(22-16-27-23-11-7-6-10-21(22)23)28-29-26(30)33-17-24(31)18-8-4-3-5-9-18/h3-16,27H,2,17H2,1H3. The van der Waals surface area contributed by atoms with Crippen LogP contribution >= 0.6 is 11.8 Å². The van der Waals surface area contributed by atoms with Crippen LogP contribution in [-0.4, -0.2) is 37.9 Å². The third kappa shape index (κ3) is 4.27. The number of H-pyrrole nitrogens is 1. The van der Waals surface area contributed by atoms with E-state index in [1.807, 2.05) is 90.5 Å². The van der Waals surface area contributed by atoms with E-state index < -0.39 is 0 Å². The minimum atomic E-state index is 0.0514. The number of hydrogen-bond acceptors (Lipinski definition) is 5. The van der Waals surface area contributed by atoms with Crippen LogP contribution in [0.3, 0.4) is 0 Å². The molecule has 164 valence electrons. The lowest BCUT2D eigenvalue weighted by atomic mass is 10.1. The monoisotopic (exact) mass is 454 g/mol. The van der Waals surface area contributed by atoms with Crippen LogP contribution in [0.5, 0.6) is 5.75 Å². The Morgan fingerprint density at radius 1 is 0.970 bits per heavy atom. The minimum Gasteiger partial charge on any atom is -0.494 e. The van der Waals surface area contributed by atoms with Crippen LogP contribution in [0.15, 0.2) is 90.2 Å². The summed E-state index contributed by atoms with van der Waals surface area (Å²) in [5.74, 6) is 1.84. The number of aromatic nitrogens is 4. The van der Waals surface area contributed by atoms with Crippen LogP contribution in [0.25, 0.3) is 28.0 Å². The second kappa shape index (κ2) is 9.34. The number of Topliss-reactive ketones (excluding diaryl/α,β-unsaturated/α-hetero) is 1. The molecule has 0 aliphatic carbocycles. The van der Waals surface area contributed by atoms with Crippen molar-refractivity contribution in [2.75, 3.05) is 12.4 Å². The lowest BCUT2D eigenvalue weighted by Crippen LogP contribution is -2.05. The zero-order valence-corrected chi connectivity index (χ0v) is 18.9. The molecule has 0 aliphatic heterocycles. The molecule has 2 aromatic heterocycles. The highest BCUT2D eigenvalue weighted by molar-refractivity contribution is 7.99. The maximum atomic E-state index is 12.7. The number of aromatic amines is 1.